The standard InChI is InChI=1S/C17H22N4O4/c1-17(2,3)25-16(22)20-9-7-13(8-10-20)19-15-12(11-18)5-4-6-14(15)21(23)24/h4-6,13,19H,7-10H2,1-3H3. The van der Waals surface area contributed by atoms with E-state index in [0.717, 1.165) is 0 Å². The Bertz CT molecular complexity index is 698. The van der Waals surface area contributed by atoms with Gasteiger partial charge in [-0.2, -0.15) is 5.26 Å². The van der Waals surface area contributed by atoms with Gasteiger partial charge in [-0.1, -0.05) is 6.07 Å². The Morgan fingerprint density at radius 1 is 1.40 bits per heavy atom. The number of hydrogen-bond acceptors (Lipinski definition) is 6. The lowest BCUT2D eigenvalue weighted by molar-refractivity contribution is -0.384. The van der Waals surface area contributed by atoms with Gasteiger partial charge < -0.3 is 15.0 Å². The minimum absolute atomic E-state index is 0.0492. The first-order chi connectivity index (χ1) is 11.7. The number of rotatable bonds is 3. The summed E-state index contributed by atoms with van der Waals surface area (Å²) >= 11 is 0. The van der Waals surface area contributed by atoms with Crippen molar-refractivity contribution >= 4 is 17.5 Å². The van der Waals surface area contributed by atoms with E-state index in [1.807, 2.05) is 26.8 Å². The number of nitrogens with one attached hydrogen (secondary N) is 1. The number of ether oxygens (including phenoxy) is 1. The first-order valence-corrected chi connectivity index (χ1v) is 8.13. The van der Waals surface area contributed by atoms with Crippen molar-refractivity contribution < 1.29 is 14.5 Å². The summed E-state index contributed by atoms with van der Waals surface area (Å²) in [5.41, 5.74) is -0.179. The SMILES string of the molecule is CC(C)(C)OC(=O)N1CCC(Nc2c(C#N)cccc2[N+](=O)[O-])CC1. The minimum Gasteiger partial charge on any atom is -0.444 e. The molecule has 1 N–H and O–H groups in total. The van der Waals surface area contributed by atoms with Crippen LogP contribution in [0.1, 0.15) is 39.2 Å². The third kappa shape index (κ3) is 4.83. The van der Waals surface area contributed by atoms with Gasteiger partial charge in [0.2, 0.25) is 0 Å². The summed E-state index contributed by atoms with van der Waals surface area (Å²) in [4.78, 5) is 24.4. The van der Waals surface area contributed by atoms with Crippen LogP contribution in [-0.2, 0) is 4.74 Å². The highest BCUT2D eigenvalue weighted by atomic mass is 16.6. The number of amides is 1. The molecule has 0 aliphatic carbocycles. The van der Waals surface area contributed by atoms with Gasteiger partial charge in [-0.25, -0.2) is 4.79 Å². The monoisotopic (exact) mass is 346 g/mol. The van der Waals surface area contributed by atoms with Gasteiger partial charge in [0.15, 0.2) is 0 Å². The average Bonchev–Trinajstić information content (AvgIpc) is 2.53. The molecule has 1 aliphatic rings. The molecule has 8 heteroatoms. The van der Waals surface area contributed by atoms with Crippen LogP contribution < -0.4 is 5.32 Å². The van der Waals surface area contributed by atoms with Crippen LogP contribution in [0, 0.1) is 21.4 Å². The number of piperidine rings is 1. The third-order valence-corrected chi connectivity index (χ3v) is 3.85. The Labute approximate surface area is 146 Å². The number of likely N-dealkylation sites (tertiary alicyclic amines) is 1. The second-order valence-electron chi connectivity index (χ2n) is 6.95. The van der Waals surface area contributed by atoms with Crippen LogP contribution in [0.15, 0.2) is 18.2 Å². The lowest BCUT2D eigenvalue weighted by Crippen LogP contribution is -2.44. The fourth-order valence-corrected chi connectivity index (χ4v) is 2.67. The topological polar surface area (TPSA) is 108 Å². The molecule has 0 spiro atoms. The second-order valence-corrected chi connectivity index (χ2v) is 6.95. The quantitative estimate of drug-likeness (QED) is 0.664. The van der Waals surface area contributed by atoms with Crippen molar-refractivity contribution in [1.82, 2.24) is 4.90 Å². The van der Waals surface area contributed by atoms with Crippen molar-refractivity contribution in [2.45, 2.75) is 45.3 Å². The van der Waals surface area contributed by atoms with Crippen molar-refractivity contribution in [3.8, 4) is 6.07 Å². The zero-order valence-electron chi connectivity index (χ0n) is 14.6. The summed E-state index contributed by atoms with van der Waals surface area (Å²) in [5, 5.41) is 23.5. The zero-order valence-corrected chi connectivity index (χ0v) is 14.6. The molecule has 25 heavy (non-hydrogen) atoms. The Balaban J connectivity index is 2.03. The van der Waals surface area contributed by atoms with Gasteiger partial charge >= 0.3 is 6.09 Å². The van der Waals surface area contributed by atoms with Crippen molar-refractivity contribution in [2.75, 3.05) is 18.4 Å². The number of para-hydroxylation sites is 1. The summed E-state index contributed by atoms with van der Waals surface area (Å²) in [6, 6.07) is 6.35. The maximum Gasteiger partial charge on any atom is 0.410 e. The molecule has 0 atom stereocenters. The van der Waals surface area contributed by atoms with Gasteiger partial charge in [-0.05, 0) is 39.7 Å². The van der Waals surface area contributed by atoms with Gasteiger partial charge in [0, 0.05) is 25.2 Å². The first-order valence-electron chi connectivity index (χ1n) is 8.13. The van der Waals surface area contributed by atoms with E-state index in [0.29, 0.717) is 25.9 Å². The Kier molecular flexibility index (Phi) is 5.47. The summed E-state index contributed by atoms with van der Waals surface area (Å²) in [5.74, 6) is 0. The van der Waals surface area contributed by atoms with Gasteiger partial charge in [0.1, 0.15) is 17.4 Å². The van der Waals surface area contributed by atoms with Crippen LogP contribution in [-0.4, -0.2) is 40.6 Å². The van der Waals surface area contributed by atoms with Crippen molar-refractivity contribution in [3.05, 3.63) is 33.9 Å². The molecule has 1 fully saturated rings. The van der Waals surface area contributed by atoms with Gasteiger partial charge in [0.25, 0.3) is 5.69 Å². The highest BCUT2D eigenvalue weighted by Gasteiger charge is 2.28. The molecular weight excluding hydrogens is 324 g/mol. The molecule has 1 heterocycles. The molecule has 1 amide bonds. The van der Waals surface area contributed by atoms with E-state index < -0.39 is 10.5 Å². The smallest absolute Gasteiger partial charge is 0.410 e. The normalized spacial score (nSPS) is 15.4. The summed E-state index contributed by atoms with van der Waals surface area (Å²) in [6.45, 7) is 6.44. The zero-order chi connectivity index (χ0) is 18.6. The van der Waals surface area contributed by atoms with Gasteiger partial charge in [-0.3, -0.25) is 10.1 Å². The molecular formula is C17H22N4O4. The number of nitrogens with zero attached hydrogens (tertiary/aromatic N) is 3. The van der Waals surface area contributed by atoms with E-state index in [4.69, 9.17) is 4.74 Å². The van der Waals surface area contributed by atoms with E-state index in [1.165, 1.54) is 12.1 Å². The second kappa shape index (κ2) is 7.38. The molecule has 0 bridgehead atoms. The molecule has 0 radical (unpaired) electrons. The van der Waals surface area contributed by atoms with Crippen LogP contribution >= 0.6 is 0 Å². The molecule has 0 saturated carbocycles. The van der Waals surface area contributed by atoms with Crippen LogP contribution in [0.3, 0.4) is 0 Å². The molecule has 2 rings (SSSR count). The van der Waals surface area contributed by atoms with Crippen molar-refractivity contribution in [3.63, 3.8) is 0 Å². The van der Waals surface area contributed by atoms with E-state index in [-0.39, 0.29) is 29.1 Å². The molecule has 1 aliphatic heterocycles. The van der Waals surface area contributed by atoms with Crippen molar-refractivity contribution in [1.29, 1.82) is 5.26 Å². The van der Waals surface area contributed by atoms with E-state index in [9.17, 15) is 20.2 Å². The summed E-state index contributed by atoms with van der Waals surface area (Å²) < 4.78 is 5.35. The number of nitro benzene ring substituents is 1. The largest absolute Gasteiger partial charge is 0.444 e. The number of carbonyl (C=O) groups is 1. The predicted octanol–water partition coefficient (Wildman–Crippen LogP) is 3.28. The van der Waals surface area contributed by atoms with E-state index in [1.54, 1.807) is 11.0 Å². The maximum atomic E-state index is 12.1. The molecule has 0 aromatic heterocycles. The van der Waals surface area contributed by atoms with Crippen LogP contribution in [0.5, 0.6) is 0 Å². The molecule has 134 valence electrons. The number of carbonyl (C=O) groups excluding carboxylic acids is 1. The van der Waals surface area contributed by atoms with Crippen LogP contribution in [0.25, 0.3) is 0 Å². The number of benzene rings is 1. The lowest BCUT2D eigenvalue weighted by Gasteiger charge is -2.34. The molecule has 0 unspecified atom stereocenters. The molecule has 1 aromatic rings. The maximum absolute atomic E-state index is 12.1. The fraction of sp³-hybridized carbons (Fsp3) is 0.529. The highest BCUT2D eigenvalue weighted by Crippen LogP contribution is 2.30. The van der Waals surface area contributed by atoms with Crippen LogP contribution in [0.2, 0.25) is 0 Å². The third-order valence-electron chi connectivity index (χ3n) is 3.85. The number of nitriles is 1. The number of anilines is 1. The van der Waals surface area contributed by atoms with E-state index >= 15 is 0 Å². The average molecular weight is 346 g/mol. The summed E-state index contributed by atoms with van der Waals surface area (Å²) in [7, 11) is 0. The van der Waals surface area contributed by atoms with Crippen LogP contribution in [0.4, 0.5) is 16.2 Å². The summed E-state index contributed by atoms with van der Waals surface area (Å²) in [6.07, 6.45) is 0.890. The molecule has 8 nitrogen and oxygen atoms in total. The number of nitro groups is 1. The molecule has 1 saturated heterocycles. The molecule has 1 aromatic carbocycles. The van der Waals surface area contributed by atoms with E-state index in [2.05, 4.69) is 5.32 Å². The Morgan fingerprint density at radius 3 is 2.56 bits per heavy atom. The fourth-order valence-electron chi connectivity index (χ4n) is 2.67. The minimum atomic E-state index is -0.543. The highest BCUT2D eigenvalue weighted by molar-refractivity contribution is 5.71. The van der Waals surface area contributed by atoms with Gasteiger partial charge in [0.05, 0.1) is 10.5 Å². The lowest BCUT2D eigenvalue weighted by atomic mass is 10.0. The van der Waals surface area contributed by atoms with Gasteiger partial charge in [-0.15, -0.1) is 0 Å². The first kappa shape index (κ1) is 18.5. The Morgan fingerprint density at radius 2 is 2.04 bits per heavy atom. The Hall–Kier alpha value is -2.82. The predicted molar refractivity (Wildman–Crippen MR) is 92.3 cm³/mol. The number of hydrogen-bond donors (Lipinski definition) is 1. The van der Waals surface area contributed by atoms with Crippen molar-refractivity contribution in [2.24, 2.45) is 0 Å².